The Balaban J connectivity index is 3.19. The van der Waals surface area contributed by atoms with Crippen LogP contribution in [-0.4, -0.2) is 32.1 Å². The van der Waals surface area contributed by atoms with E-state index in [-0.39, 0.29) is 16.5 Å². The van der Waals surface area contributed by atoms with Crippen LogP contribution < -0.4 is 10.6 Å². The van der Waals surface area contributed by atoms with Gasteiger partial charge in [0.05, 0.1) is 5.75 Å². The molecule has 17 heavy (non-hydrogen) atoms. The van der Waals surface area contributed by atoms with E-state index in [2.05, 4.69) is 4.37 Å². The van der Waals surface area contributed by atoms with Gasteiger partial charge in [-0.3, -0.25) is 0 Å². The Bertz CT molecular complexity index is 468. The Morgan fingerprint density at radius 2 is 2.00 bits per heavy atom. The SMILES string of the molecule is CCCN(C)c1snc(N)c1S(=O)(=O)CCC. The number of nitrogens with zero attached hydrogens (tertiary/aromatic N) is 2. The van der Waals surface area contributed by atoms with E-state index in [1.54, 1.807) is 0 Å². The van der Waals surface area contributed by atoms with E-state index in [1.807, 2.05) is 25.8 Å². The molecule has 0 aliphatic carbocycles. The summed E-state index contributed by atoms with van der Waals surface area (Å²) in [7, 11) is -1.45. The van der Waals surface area contributed by atoms with E-state index in [1.165, 1.54) is 0 Å². The summed E-state index contributed by atoms with van der Waals surface area (Å²) in [6, 6.07) is 0. The van der Waals surface area contributed by atoms with Gasteiger partial charge in [-0.15, -0.1) is 0 Å². The smallest absolute Gasteiger partial charge is 0.185 e. The molecule has 1 aromatic heterocycles. The van der Waals surface area contributed by atoms with Crippen molar-refractivity contribution in [2.24, 2.45) is 0 Å². The Morgan fingerprint density at radius 3 is 2.53 bits per heavy atom. The summed E-state index contributed by atoms with van der Waals surface area (Å²) in [5.74, 6) is 0.240. The molecule has 0 radical (unpaired) electrons. The van der Waals surface area contributed by atoms with Gasteiger partial charge in [-0.05, 0) is 24.4 Å². The predicted octanol–water partition coefficient (Wildman–Crippen LogP) is 1.76. The van der Waals surface area contributed by atoms with Crippen molar-refractivity contribution < 1.29 is 8.42 Å². The van der Waals surface area contributed by atoms with Crippen LogP contribution in [0.25, 0.3) is 0 Å². The summed E-state index contributed by atoms with van der Waals surface area (Å²) >= 11 is 1.15. The van der Waals surface area contributed by atoms with E-state index in [4.69, 9.17) is 5.73 Å². The molecule has 0 aliphatic heterocycles. The molecule has 0 unspecified atom stereocenters. The van der Waals surface area contributed by atoms with Crippen molar-refractivity contribution in [3.05, 3.63) is 0 Å². The Hall–Kier alpha value is -0.820. The highest BCUT2D eigenvalue weighted by Gasteiger charge is 2.26. The molecule has 0 aromatic carbocycles. The first kappa shape index (κ1) is 14.2. The zero-order valence-corrected chi connectivity index (χ0v) is 12.1. The summed E-state index contributed by atoms with van der Waals surface area (Å²) in [4.78, 5) is 2.11. The predicted molar refractivity (Wildman–Crippen MR) is 72.4 cm³/mol. The average Bonchev–Trinajstić information content (AvgIpc) is 2.61. The third-order valence-electron chi connectivity index (χ3n) is 2.35. The lowest BCUT2D eigenvalue weighted by Crippen LogP contribution is -2.20. The van der Waals surface area contributed by atoms with Gasteiger partial charge in [0.2, 0.25) is 0 Å². The normalized spacial score (nSPS) is 11.7. The van der Waals surface area contributed by atoms with Crippen LogP contribution >= 0.6 is 11.5 Å². The number of hydrogen-bond acceptors (Lipinski definition) is 6. The molecule has 0 aliphatic rings. The van der Waals surface area contributed by atoms with Crippen LogP contribution in [0.4, 0.5) is 10.8 Å². The number of aromatic nitrogens is 1. The van der Waals surface area contributed by atoms with Gasteiger partial charge in [0.15, 0.2) is 15.7 Å². The third-order valence-corrected chi connectivity index (χ3v) is 5.42. The van der Waals surface area contributed by atoms with Gasteiger partial charge >= 0.3 is 0 Å². The number of anilines is 2. The summed E-state index contributed by atoms with van der Waals surface area (Å²) < 4.78 is 28.2. The van der Waals surface area contributed by atoms with Gasteiger partial charge in [0.25, 0.3) is 0 Å². The maximum absolute atomic E-state index is 12.1. The Labute approximate surface area is 107 Å². The summed E-state index contributed by atoms with van der Waals surface area (Å²) in [6.07, 6.45) is 1.52. The highest BCUT2D eigenvalue weighted by atomic mass is 32.2. The maximum Gasteiger partial charge on any atom is 0.185 e. The van der Waals surface area contributed by atoms with Crippen molar-refractivity contribution in [1.29, 1.82) is 0 Å². The molecule has 0 bridgehead atoms. The van der Waals surface area contributed by atoms with Crippen molar-refractivity contribution in [1.82, 2.24) is 4.37 Å². The fourth-order valence-corrected chi connectivity index (χ4v) is 4.40. The number of hydrogen-bond donors (Lipinski definition) is 1. The minimum Gasteiger partial charge on any atom is -0.382 e. The Kier molecular flexibility index (Phi) is 4.76. The second kappa shape index (κ2) is 5.68. The molecule has 1 heterocycles. The molecule has 0 saturated heterocycles. The summed E-state index contributed by atoms with van der Waals surface area (Å²) in [5.41, 5.74) is 5.69. The maximum atomic E-state index is 12.1. The second-order valence-electron chi connectivity index (χ2n) is 3.94. The minimum absolute atomic E-state index is 0.114. The topological polar surface area (TPSA) is 76.3 Å². The molecule has 1 aromatic rings. The van der Waals surface area contributed by atoms with Gasteiger partial charge in [0, 0.05) is 13.6 Å². The average molecular weight is 277 g/mol. The minimum atomic E-state index is -3.31. The lowest BCUT2D eigenvalue weighted by Gasteiger charge is -2.17. The Morgan fingerprint density at radius 1 is 1.35 bits per heavy atom. The van der Waals surface area contributed by atoms with Gasteiger partial charge in [-0.25, -0.2) is 8.42 Å². The number of nitrogen functional groups attached to an aromatic ring is 1. The monoisotopic (exact) mass is 277 g/mol. The zero-order valence-electron chi connectivity index (χ0n) is 10.4. The van der Waals surface area contributed by atoms with E-state index in [9.17, 15) is 8.42 Å². The van der Waals surface area contributed by atoms with Crippen molar-refractivity contribution >= 4 is 32.2 Å². The van der Waals surface area contributed by atoms with Crippen LogP contribution in [-0.2, 0) is 9.84 Å². The third kappa shape index (κ3) is 3.10. The number of nitrogens with two attached hydrogens (primary N) is 1. The van der Waals surface area contributed by atoms with Gasteiger partial charge < -0.3 is 10.6 Å². The summed E-state index contributed by atoms with van der Waals surface area (Å²) in [5, 5.41) is 0.651. The molecule has 2 N–H and O–H groups in total. The first-order valence-electron chi connectivity index (χ1n) is 5.63. The first-order chi connectivity index (χ1) is 7.94. The van der Waals surface area contributed by atoms with Gasteiger partial charge in [0.1, 0.15) is 9.90 Å². The number of rotatable bonds is 6. The highest BCUT2D eigenvalue weighted by Crippen LogP contribution is 2.34. The van der Waals surface area contributed by atoms with Crippen molar-refractivity contribution in [2.75, 3.05) is 30.0 Å². The van der Waals surface area contributed by atoms with Crippen molar-refractivity contribution in [3.63, 3.8) is 0 Å². The van der Waals surface area contributed by atoms with Crippen LogP contribution in [0.5, 0.6) is 0 Å². The molecular weight excluding hydrogens is 258 g/mol. The van der Waals surface area contributed by atoms with Crippen LogP contribution in [0.1, 0.15) is 26.7 Å². The van der Waals surface area contributed by atoms with Gasteiger partial charge in [-0.2, -0.15) is 4.37 Å². The standard InChI is InChI=1S/C10H19N3O2S2/c1-4-6-13(3)10-8(9(11)12-16-10)17(14,15)7-5-2/h4-7H2,1-3H3,(H2,11,12). The van der Waals surface area contributed by atoms with Crippen molar-refractivity contribution in [3.8, 4) is 0 Å². The van der Waals surface area contributed by atoms with Crippen LogP contribution in [0.15, 0.2) is 4.90 Å². The second-order valence-corrected chi connectivity index (χ2v) is 6.74. The molecule has 5 nitrogen and oxygen atoms in total. The van der Waals surface area contributed by atoms with E-state index < -0.39 is 9.84 Å². The molecule has 1 rings (SSSR count). The highest BCUT2D eigenvalue weighted by molar-refractivity contribution is 7.91. The lowest BCUT2D eigenvalue weighted by molar-refractivity contribution is 0.595. The van der Waals surface area contributed by atoms with Crippen LogP contribution in [0.2, 0.25) is 0 Å². The molecular formula is C10H19N3O2S2. The lowest BCUT2D eigenvalue weighted by atomic mass is 10.4. The first-order valence-corrected chi connectivity index (χ1v) is 8.05. The molecule has 7 heteroatoms. The van der Waals surface area contributed by atoms with Crippen molar-refractivity contribution in [2.45, 2.75) is 31.6 Å². The van der Waals surface area contributed by atoms with E-state index in [0.29, 0.717) is 11.4 Å². The molecule has 0 saturated carbocycles. The summed E-state index contributed by atoms with van der Waals surface area (Å²) in [6.45, 7) is 4.67. The molecule has 98 valence electrons. The van der Waals surface area contributed by atoms with Crippen LogP contribution in [0, 0.1) is 0 Å². The zero-order chi connectivity index (χ0) is 13.1. The quantitative estimate of drug-likeness (QED) is 0.857. The molecule has 0 amide bonds. The largest absolute Gasteiger partial charge is 0.382 e. The molecule has 0 atom stereocenters. The van der Waals surface area contributed by atoms with E-state index >= 15 is 0 Å². The number of sulfone groups is 1. The fraction of sp³-hybridized carbons (Fsp3) is 0.700. The van der Waals surface area contributed by atoms with Gasteiger partial charge in [-0.1, -0.05) is 13.8 Å². The van der Waals surface area contributed by atoms with Crippen LogP contribution in [0.3, 0.4) is 0 Å². The molecule has 0 fully saturated rings. The molecule has 0 spiro atoms. The van der Waals surface area contributed by atoms with E-state index in [0.717, 1.165) is 24.5 Å². The fourth-order valence-electron chi connectivity index (χ4n) is 1.63.